The average molecular weight is 379 g/mol. The zero-order valence-electron chi connectivity index (χ0n) is 13.3. The lowest BCUT2D eigenvalue weighted by Crippen LogP contribution is -2.13. The molecular weight excluding hydrogens is 364 g/mol. The van der Waals surface area contributed by atoms with Crippen molar-refractivity contribution in [2.24, 2.45) is 0 Å². The summed E-state index contributed by atoms with van der Waals surface area (Å²) in [5.74, 6) is -0.220. The quantitative estimate of drug-likeness (QED) is 0.675. The molecule has 1 amide bonds. The van der Waals surface area contributed by atoms with Crippen LogP contribution in [0.2, 0.25) is 5.02 Å². The number of aryl methyl sites for hydroxylation is 1. The van der Waals surface area contributed by atoms with Crippen molar-refractivity contribution in [3.63, 3.8) is 0 Å². The van der Waals surface area contributed by atoms with Crippen LogP contribution in [0.3, 0.4) is 0 Å². The molecule has 0 aliphatic carbocycles. The lowest BCUT2D eigenvalue weighted by molar-refractivity contribution is 0.102. The summed E-state index contributed by atoms with van der Waals surface area (Å²) in [4.78, 5) is 16.9. The molecule has 5 nitrogen and oxygen atoms in total. The SMILES string of the molecule is CSc1sc(NC(=O)c2cnn(-c3cccc(Cl)c3)c2C)nc1C. The van der Waals surface area contributed by atoms with E-state index in [-0.39, 0.29) is 5.91 Å². The van der Waals surface area contributed by atoms with Crippen LogP contribution in [0.25, 0.3) is 5.69 Å². The number of carbonyl (C=O) groups excluding carboxylic acids is 1. The maximum atomic E-state index is 12.5. The van der Waals surface area contributed by atoms with Crippen LogP contribution in [-0.4, -0.2) is 26.9 Å². The predicted octanol–water partition coefficient (Wildman–Crippen LogP) is 4.57. The van der Waals surface area contributed by atoms with Gasteiger partial charge in [0.2, 0.25) is 0 Å². The largest absolute Gasteiger partial charge is 0.298 e. The number of halogens is 1. The van der Waals surface area contributed by atoms with Crippen molar-refractivity contribution >= 4 is 45.7 Å². The van der Waals surface area contributed by atoms with Crippen LogP contribution in [-0.2, 0) is 0 Å². The van der Waals surface area contributed by atoms with Gasteiger partial charge < -0.3 is 0 Å². The molecule has 0 bridgehead atoms. The molecule has 0 aliphatic rings. The molecule has 0 radical (unpaired) electrons. The summed E-state index contributed by atoms with van der Waals surface area (Å²) in [5.41, 5.74) is 2.99. The standard InChI is InChI=1S/C16H15ClN4OS2/c1-9-15(23-3)24-16(19-9)20-14(22)13-8-18-21(10(13)2)12-6-4-5-11(17)7-12/h4-8H,1-3H3,(H,19,20,22). The van der Waals surface area contributed by atoms with Gasteiger partial charge in [0.25, 0.3) is 5.91 Å². The van der Waals surface area contributed by atoms with Crippen LogP contribution in [0.5, 0.6) is 0 Å². The Hall–Kier alpha value is -1.83. The second-order valence-corrected chi connectivity index (χ2v) is 7.60. The average Bonchev–Trinajstić information content (AvgIpc) is 3.09. The number of benzene rings is 1. The number of nitrogens with zero attached hydrogens (tertiary/aromatic N) is 3. The molecule has 0 saturated heterocycles. The Kier molecular flexibility index (Phi) is 4.93. The van der Waals surface area contributed by atoms with E-state index < -0.39 is 0 Å². The Labute approximate surface area is 153 Å². The molecule has 0 unspecified atom stereocenters. The van der Waals surface area contributed by atoms with Crippen molar-refractivity contribution in [2.75, 3.05) is 11.6 Å². The monoisotopic (exact) mass is 378 g/mol. The molecule has 3 rings (SSSR count). The normalized spacial score (nSPS) is 10.8. The van der Waals surface area contributed by atoms with Gasteiger partial charge in [-0.2, -0.15) is 5.10 Å². The van der Waals surface area contributed by atoms with Crippen LogP contribution in [0.4, 0.5) is 5.13 Å². The zero-order valence-corrected chi connectivity index (χ0v) is 15.7. The molecule has 0 atom stereocenters. The van der Waals surface area contributed by atoms with Crippen LogP contribution >= 0.6 is 34.7 Å². The third-order valence-corrected chi connectivity index (χ3v) is 5.99. The van der Waals surface area contributed by atoms with E-state index in [4.69, 9.17) is 11.6 Å². The van der Waals surface area contributed by atoms with Crippen molar-refractivity contribution in [1.82, 2.24) is 14.8 Å². The number of nitrogens with one attached hydrogen (secondary N) is 1. The van der Waals surface area contributed by atoms with Gasteiger partial charge in [-0.05, 0) is 38.3 Å². The van der Waals surface area contributed by atoms with E-state index in [2.05, 4.69) is 15.4 Å². The second kappa shape index (κ2) is 6.96. The number of carbonyl (C=O) groups is 1. The summed E-state index contributed by atoms with van der Waals surface area (Å²) in [6.07, 6.45) is 3.55. The molecule has 0 saturated carbocycles. The molecule has 24 heavy (non-hydrogen) atoms. The summed E-state index contributed by atoms with van der Waals surface area (Å²) in [6, 6.07) is 7.34. The molecule has 3 aromatic rings. The van der Waals surface area contributed by atoms with Crippen LogP contribution < -0.4 is 5.32 Å². The van der Waals surface area contributed by atoms with E-state index in [1.165, 1.54) is 11.3 Å². The van der Waals surface area contributed by atoms with Crippen molar-refractivity contribution in [3.8, 4) is 5.69 Å². The van der Waals surface area contributed by atoms with Crippen LogP contribution in [0, 0.1) is 13.8 Å². The lowest BCUT2D eigenvalue weighted by Gasteiger charge is -2.06. The summed E-state index contributed by atoms with van der Waals surface area (Å²) < 4.78 is 2.79. The first kappa shape index (κ1) is 17.0. The first-order valence-electron chi connectivity index (χ1n) is 7.13. The van der Waals surface area contributed by atoms with Gasteiger partial charge in [-0.1, -0.05) is 29.0 Å². The summed E-state index contributed by atoms with van der Waals surface area (Å²) in [7, 11) is 0. The molecule has 0 aliphatic heterocycles. The molecule has 1 N–H and O–H groups in total. The van der Waals surface area contributed by atoms with Gasteiger partial charge in [-0.25, -0.2) is 9.67 Å². The Balaban J connectivity index is 1.86. The first-order valence-corrected chi connectivity index (χ1v) is 9.55. The lowest BCUT2D eigenvalue weighted by atomic mass is 10.2. The molecule has 1 aromatic carbocycles. The molecule has 0 fully saturated rings. The number of aromatic nitrogens is 3. The summed E-state index contributed by atoms with van der Waals surface area (Å²) >= 11 is 9.11. The molecule has 2 heterocycles. The smallest absolute Gasteiger partial charge is 0.260 e. The number of thiazole rings is 1. The predicted molar refractivity (Wildman–Crippen MR) is 99.9 cm³/mol. The van der Waals surface area contributed by atoms with Crippen molar-refractivity contribution < 1.29 is 4.79 Å². The minimum Gasteiger partial charge on any atom is -0.298 e. The second-order valence-electron chi connectivity index (χ2n) is 5.09. The van der Waals surface area contributed by atoms with E-state index >= 15 is 0 Å². The van der Waals surface area contributed by atoms with Gasteiger partial charge in [0.05, 0.1) is 33.0 Å². The fraction of sp³-hybridized carbons (Fsp3) is 0.188. The minimum absolute atomic E-state index is 0.220. The van der Waals surface area contributed by atoms with Crippen LogP contribution in [0.1, 0.15) is 21.7 Å². The minimum atomic E-state index is -0.220. The van der Waals surface area contributed by atoms with Crippen molar-refractivity contribution in [3.05, 3.63) is 52.4 Å². The molecular formula is C16H15ClN4OS2. The molecule has 8 heteroatoms. The highest BCUT2D eigenvalue weighted by Gasteiger charge is 2.17. The molecule has 0 spiro atoms. The van der Waals surface area contributed by atoms with E-state index in [1.807, 2.05) is 32.2 Å². The van der Waals surface area contributed by atoms with Crippen LogP contribution in [0.15, 0.2) is 34.7 Å². The number of amides is 1. The van der Waals surface area contributed by atoms with Gasteiger partial charge >= 0.3 is 0 Å². The van der Waals surface area contributed by atoms with Gasteiger partial charge in [0, 0.05) is 5.02 Å². The fourth-order valence-corrected chi connectivity index (χ4v) is 4.08. The first-order chi connectivity index (χ1) is 11.5. The highest BCUT2D eigenvalue weighted by atomic mass is 35.5. The zero-order chi connectivity index (χ0) is 17.3. The maximum Gasteiger partial charge on any atom is 0.260 e. The highest BCUT2D eigenvalue weighted by molar-refractivity contribution is 8.00. The number of thioether (sulfide) groups is 1. The molecule has 124 valence electrons. The van der Waals surface area contributed by atoms with Gasteiger partial charge in [-0.15, -0.1) is 11.8 Å². The Morgan fingerprint density at radius 3 is 2.83 bits per heavy atom. The Morgan fingerprint density at radius 2 is 2.17 bits per heavy atom. The third kappa shape index (κ3) is 3.33. The summed E-state index contributed by atoms with van der Waals surface area (Å²) in [6.45, 7) is 3.78. The topological polar surface area (TPSA) is 59.8 Å². The third-order valence-electron chi connectivity index (χ3n) is 3.47. The number of anilines is 1. The van der Waals surface area contributed by atoms with E-state index in [0.717, 1.165) is 21.3 Å². The van der Waals surface area contributed by atoms with E-state index in [0.29, 0.717) is 15.7 Å². The van der Waals surface area contributed by atoms with Gasteiger partial charge in [0.15, 0.2) is 5.13 Å². The molecule has 2 aromatic heterocycles. The number of hydrogen-bond donors (Lipinski definition) is 1. The van der Waals surface area contributed by atoms with Crippen molar-refractivity contribution in [1.29, 1.82) is 0 Å². The highest BCUT2D eigenvalue weighted by Crippen LogP contribution is 2.30. The number of rotatable bonds is 4. The Bertz CT molecular complexity index is 903. The van der Waals surface area contributed by atoms with E-state index in [1.54, 1.807) is 34.8 Å². The Morgan fingerprint density at radius 1 is 1.38 bits per heavy atom. The van der Waals surface area contributed by atoms with Crippen molar-refractivity contribution in [2.45, 2.75) is 18.1 Å². The van der Waals surface area contributed by atoms with Gasteiger partial charge in [-0.3, -0.25) is 10.1 Å². The van der Waals surface area contributed by atoms with Gasteiger partial charge in [0.1, 0.15) is 0 Å². The van der Waals surface area contributed by atoms with E-state index in [9.17, 15) is 4.79 Å². The maximum absolute atomic E-state index is 12.5. The summed E-state index contributed by atoms with van der Waals surface area (Å²) in [5, 5.41) is 8.37. The fourth-order valence-electron chi connectivity index (χ4n) is 2.29. The number of hydrogen-bond acceptors (Lipinski definition) is 5.